The maximum Gasteiger partial charge on any atom is 0.299 e. The minimum atomic E-state index is -0.495. The highest BCUT2D eigenvalue weighted by atomic mass is 16.3. The molecule has 0 bridgehead atoms. The average molecular weight is 262 g/mol. The van der Waals surface area contributed by atoms with Crippen LogP contribution in [-0.4, -0.2) is 43.0 Å². The van der Waals surface area contributed by atoms with Gasteiger partial charge in [-0.15, -0.1) is 0 Å². The molecule has 0 fully saturated rings. The van der Waals surface area contributed by atoms with E-state index >= 15 is 0 Å². The maximum atomic E-state index is 11.7. The van der Waals surface area contributed by atoms with Gasteiger partial charge in [0.2, 0.25) is 0 Å². The lowest BCUT2D eigenvalue weighted by atomic mass is 10.1. The van der Waals surface area contributed by atoms with Gasteiger partial charge in [-0.2, -0.15) is 0 Å². The zero-order valence-corrected chi connectivity index (χ0v) is 11.4. The summed E-state index contributed by atoms with van der Waals surface area (Å²) in [5.41, 5.74) is 1.98. The second-order valence-corrected chi connectivity index (χ2v) is 4.91. The Morgan fingerprint density at radius 1 is 1.32 bits per heavy atom. The van der Waals surface area contributed by atoms with E-state index in [1.807, 2.05) is 30.9 Å². The lowest BCUT2D eigenvalue weighted by Crippen LogP contribution is -2.33. The molecular formula is C14H18N2O3. The molecule has 1 amide bonds. The smallest absolute Gasteiger partial charge is 0.299 e. The van der Waals surface area contributed by atoms with E-state index in [0.717, 1.165) is 5.69 Å². The number of benzene rings is 1. The Balaban J connectivity index is 2.42. The zero-order valence-electron chi connectivity index (χ0n) is 11.4. The van der Waals surface area contributed by atoms with Crippen LogP contribution in [0.4, 0.5) is 11.4 Å². The van der Waals surface area contributed by atoms with Crippen LogP contribution in [-0.2, 0) is 4.79 Å². The third-order valence-electron chi connectivity index (χ3n) is 3.38. The zero-order chi connectivity index (χ0) is 14.2. The summed E-state index contributed by atoms with van der Waals surface area (Å²) in [5, 5.41) is 9.12. The first-order valence-corrected chi connectivity index (χ1v) is 6.31. The average Bonchev–Trinajstić information content (AvgIpc) is 2.60. The number of aliphatic hydroxyl groups excluding tert-OH is 1. The van der Waals surface area contributed by atoms with Crippen LogP contribution in [0.5, 0.6) is 0 Å². The molecule has 0 saturated carbocycles. The molecule has 0 atom stereocenters. The summed E-state index contributed by atoms with van der Waals surface area (Å²) in [6, 6.07) is 5.55. The normalized spacial score (nSPS) is 14.3. The minimum absolute atomic E-state index is 0.0585. The molecule has 0 aromatic heterocycles. The molecule has 0 aliphatic carbocycles. The summed E-state index contributed by atoms with van der Waals surface area (Å²) in [4.78, 5) is 26.7. The molecule has 19 heavy (non-hydrogen) atoms. The molecule has 0 unspecified atom stereocenters. The van der Waals surface area contributed by atoms with Crippen LogP contribution in [0, 0.1) is 0 Å². The van der Waals surface area contributed by atoms with Gasteiger partial charge in [0, 0.05) is 25.3 Å². The van der Waals surface area contributed by atoms with Gasteiger partial charge in [-0.1, -0.05) is 0 Å². The molecule has 0 spiro atoms. The van der Waals surface area contributed by atoms with E-state index in [2.05, 4.69) is 0 Å². The van der Waals surface area contributed by atoms with Gasteiger partial charge < -0.3 is 14.9 Å². The topological polar surface area (TPSA) is 60.9 Å². The summed E-state index contributed by atoms with van der Waals surface area (Å²) in [6.45, 7) is 4.64. The SMILES string of the molecule is CC(C)N(CCO)c1ccc2c(c1)N(C)C(=O)C2=O. The van der Waals surface area contributed by atoms with Crippen LogP contribution >= 0.6 is 0 Å². The fourth-order valence-electron chi connectivity index (χ4n) is 2.34. The minimum Gasteiger partial charge on any atom is -0.395 e. The monoisotopic (exact) mass is 262 g/mol. The highest BCUT2D eigenvalue weighted by molar-refractivity contribution is 6.52. The molecule has 102 valence electrons. The summed E-state index contributed by atoms with van der Waals surface area (Å²) in [5.74, 6) is -0.951. The fourth-order valence-corrected chi connectivity index (χ4v) is 2.34. The van der Waals surface area contributed by atoms with E-state index in [4.69, 9.17) is 5.11 Å². The molecule has 1 N–H and O–H groups in total. The number of likely N-dealkylation sites (N-methyl/N-ethyl adjacent to an activating group) is 1. The highest BCUT2D eigenvalue weighted by Crippen LogP contribution is 2.32. The Hall–Kier alpha value is -1.88. The van der Waals surface area contributed by atoms with Crippen molar-refractivity contribution >= 4 is 23.1 Å². The number of hydrogen-bond acceptors (Lipinski definition) is 4. The molecule has 1 aromatic rings. The van der Waals surface area contributed by atoms with Gasteiger partial charge in [0.15, 0.2) is 0 Å². The van der Waals surface area contributed by atoms with E-state index in [1.54, 1.807) is 13.1 Å². The predicted octanol–water partition coefficient (Wildman–Crippen LogP) is 1.05. The highest BCUT2D eigenvalue weighted by Gasteiger charge is 2.33. The lowest BCUT2D eigenvalue weighted by Gasteiger charge is -2.29. The molecule has 1 heterocycles. The quantitative estimate of drug-likeness (QED) is 0.824. The maximum absolute atomic E-state index is 11.7. The van der Waals surface area contributed by atoms with Crippen LogP contribution in [0.25, 0.3) is 0 Å². The number of carbonyl (C=O) groups excluding carboxylic acids is 2. The standard InChI is InChI=1S/C14H18N2O3/c1-9(2)16(6-7-17)10-4-5-11-12(8-10)15(3)14(19)13(11)18/h4-5,8-9,17H,6-7H2,1-3H3. The van der Waals surface area contributed by atoms with Crippen molar-refractivity contribution in [2.75, 3.05) is 30.0 Å². The largest absolute Gasteiger partial charge is 0.395 e. The van der Waals surface area contributed by atoms with Crippen molar-refractivity contribution in [3.8, 4) is 0 Å². The molecule has 0 radical (unpaired) electrons. The number of rotatable bonds is 4. The number of anilines is 2. The van der Waals surface area contributed by atoms with Gasteiger partial charge in [-0.05, 0) is 32.0 Å². The number of Topliss-reactive ketones (excluding diaryl/α,β-unsaturated/α-hetero) is 1. The van der Waals surface area contributed by atoms with Gasteiger partial charge >= 0.3 is 0 Å². The van der Waals surface area contributed by atoms with Crippen molar-refractivity contribution < 1.29 is 14.7 Å². The Kier molecular flexibility index (Phi) is 3.57. The summed E-state index contributed by atoms with van der Waals surface area (Å²) in [7, 11) is 1.60. The molecule has 2 rings (SSSR count). The number of hydrogen-bond donors (Lipinski definition) is 1. The Labute approximate surface area is 112 Å². The number of aliphatic hydroxyl groups is 1. The second kappa shape index (κ2) is 5.01. The Bertz CT molecular complexity index is 525. The van der Waals surface area contributed by atoms with Crippen molar-refractivity contribution in [2.24, 2.45) is 0 Å². The molecule has 0 saturated heterocycles. The third-order valence-corrected chi connectivity index (χ3v) is 3.38. The van der Waals surface area contributed by atoms with E-state index in [9.17, 15) is 9.59 Å². The van der Waals surface area contributed by atoms with Crippen LogP contribution in [0.2, 0.25) is 0 Å². The van der Waals surface area contributed by atoms with E-state index in [0.29, 0.717) is 17.8 Å². The van der Waals surface area contributed by atoms with Crippen molar-refractivity contribution in [3.05, 3.63) is 23.8 Å². The molecule has 1 aliphatic rings. The first kappa shape index (κ1) is 13.5. The van der Waals surface area contributed by atoms with Crippen molar-refractivity contribution in [1.82, 2.24) is 0 Å². The van der Waals surface area contributed by atoms with E-state index in [-0.39, 0.29) is 12.6 Å². The van der Waals surface area contributed by atoms with E-state index in [1.165, 1.54) is 4.90 Å². The summed E-state index contributed by atoms with van der Waals surface area (Å²) in [6.07, 6.45) is 0. The number of carbonyl (C=O) groups is 2. The number of fused-ring (bicyclic) bond motifs is 1. The molecule has 5 heteroatoms. The van der Waals surface area contributed by atoms with Gasteiger partial charge in [-0.25, -0.2) is 0 Å². The molecule has 1 aromatic carbocycles. The summed E-state index contributed by atoms with van der Waals surface area (Å²) >= 11 is 0. The number of amides is 1. The molecule has 1 aliphatic heterocycles. The lowest BCUT2D eigenvalue weighted by molar-refractivity contribution is -0.114. The van der Waals surface area contributed by atoms with Gasteiger partial charge in [0.25, 0.3) is 11.7 Å². The van der Waals surface area contributed by atoms with Crippen LogP contribution in [0.3, 0.4) is 0 Å². The number of ketones is 1. The Morgan fingerprint density at radius 2 is 2.00 bits per heavy atom. The number of nitrogens with zero attached hydrogens (tertiary/aromatic N) is 2. The van der Waals surface area contributed by atoms with Gasteiger partial charge in [-0.3, -0.25) is 9.59 Å². The third kappa shape index (κ3) is 2.21. The molecule has 5 nitrogen and oxygen atoms in total. The van der Waals surface area contributed by atoms with Crippen LogP contribution in [0.1, 0.15) is 24.2 Å². The van der Waals surface area contributed by atoms with Crippen LogP contribution in [0.15, 0.2) is 18.2 Å². The first-order chi connectivity index (χ1) is 8.97. The van der Waals surface area contributed by atoms with Crippen molar-refractivity contribution in [3.63, 3.8) is 0 Å². The van der Waals surface area contributed by atoms with Crippen molar-refractivity contribution in [1.29, 1.82) is 0 Å². The van der Waals surface area contributed by atoms with Crippen molar-refractivity contribution in [2.45, 2.75) is 19.9 Å². The second-order valence-electron chi connectivity index (χ2n) is 4.91. The van der Waals surface area contributed by atoms with E-state index < -0.39 is 11.7 Å². The molecular weight excluding hydrogens is 244 g/mol. The van der Waals surface area contributed by atoms with Crippen LogP contribution < -0.4 is 9.80 Å². The fraction of sp³-hybridized carbons (Fsp3) is 0.429. The first-order valence-electron chi connectivity index (χ1n) is 6.31. The van der Waals surface area contributed by atoms with Gasteiger partial charge in [0.1, 0.15) is 0 Å². The summed E-state index contributed by atoms with van der Waals surface area (Å²) < 4.78 is 0. The predicted molar refractivity (Wildman–Crippen MR) is 73.8 cm³/mol. The Morgan fingerprint density at radius 3 is 2.58 bits per heavy atom. The van der Waals surface area contributed by atoms with Gasteiger partial charge in [0.05, 0.1) is 17.9 Å².